The van der Waals surface area contributed by atoms with E-state index < -0.39 is 0 Å². The van der Waals surface area contributed by atoms with Crippen LogP contribution >= 0.6 is 11.3 Å². The summed E-state index contributed by atoms with van der Waals surface area (Å²) < 4.78 is 24.1. The molecule has 0 unspecified atom stereocenters. The van der Waals surface area contributed by atoms with Crippen molar-refractivity contribution in [2.75, 3.05) is 34.4 Å². The van der Waals surface area contributed by atoms with Crippen molar-refractivity contribution in [3.05, 3.63) is 28.4 Å². The minimum Gasteiger partial charge on any atom is -0.493 e. The predicted molar refractivity (Wildman–Crippen MR) is 117 cm³/mol. The molecule has 0 amide bonds. The minimum atomic E-state index is -0.267. The Bertz CT molecular complexity index is 1050. The van der Waals surface area contributed by atoms with Gasteiger partial charge in [-0.1, -0.05) is 11.3 Å². The van der Waals surface area contributed by atoms with Gasteiger partial charge in [0.1, 0.15) is 5.82 Å². The van der Waals surface area contributed by atoms with E-state index in [1.165, 1.54) is 15.9 Å². The summed E-state index contributed by atoms with van der Waals surface area (Å²) in [6.07, 6.45) is 0.111. The zero-order valence-electron chi connectivity index (χ0n) is 18.6. The molecule has 1 fully saturated rings. The molecule has 1 saturated heterocycles. The van der Waals surface area contributed by atoms with Gasteiger partial charge in [-0.25, -0.2) is 4.98 Å². The first-order valence-electron chi connectivity index (χ1n) is 10.1. The number of morpholine rings is 1. The highest BCUT2D eigenvalue weighted by Gasteiger charge is 2.35. The van der Waals surface area contributed by atoms with E-state index in [0.29, 0.717) is 41.1 Å². The lowest BCUT2D eigenvalue weighted by Gasteiger charge is -2.40. The third kappa shape index (κ3) is 3.90. The van der Waals surface area contributed by atoms with Gasteiger partial charge in [-0.05, 0) is 38.5 Å². The lowest BCUT2D eigenvalue weighted by Crippen LogP contribution is -2.47. The first-order valence-corrected chi connectivity index (χ1v) is 10.9. The monoisotopic (exact) mass is 448 g/mol. The number of rotatable bonds is 6. The van der Waals surface area contributed by atoms with E-state index in [-0.39, 0.29) is 24.1 Å². The van der Waals surface area contributed by atoms with Crippen LogP contribution in [0.15, 0.2) is 12.1 Å². The van der Waals surface area contributed by atoms with Gasteiger partial charge in [0.25, 0.3) is 0 Å². The summed E-state index contributed by atoms with van der Waals surface area (Å²) in [5, 5.41) is 15.4. The van der Waals surface area contributed by atoms with Crippen molar-refractivity contribution in [2.45, 2.75) is 39.0 Å². The van der Waals surface area contributed by atoms with Gasteiger partial charge >= 0.3 is 0 Å². The standard InChI is InChI=1S/C21H28N4O5S/c1-11-9-24(10-12(2)30-11)17(19-20(26)25-21(31-19)22-13(3)23-25)14-7-15(27-4)18(29-6)16(8-14)28-5/h7-8,11-12,17,26H,9-10H2,1-6H3/t11-,12+,17-/m1/s1. The average molecular weight is 449 g/mol. The number of nitrogens with zero attached hydrogens (tertiary/aromatic N) is 4. The fourth-order valence-corrected chi connectivity index (χ4v) is 5.40. The highest BCUT2D eigenvalue weighted by atomic mass is 32.1. The fourth-order valence-electron chi connectivity index (χ4n) is 4.24. The Morgan fingerprint density at radius 1 is 1.10 bits per heavy atom. The van der Waals surface area contributed by atoms with Crippen LogP contribution in [0.4, 0.5) is 0 Å². The number of hydrogen-bond donors (Lipinski definition) is 1. The third-order valence-corrected chi connectivity index (χ3v) is 6.44. The molecule has 3 aromatic rings. The van der Waals surface area contributed by atoms with Crippen molar-refractivity contribution in [3.63, 3.8) is 0 Å². The van der Waals surface area contributed by atoms with Crippen molar-refractivity contribution in [3.8, 4) is 23.1 Å². The summed E-state index contributed by atoms with van der Waals surface area (Å²) in [4.78, 5) is 8.15. The zero-order chi connectivity index (χ0) is 22.3. The van der Waals surface area contributed by atoms with Gasteiger partial charge in [0.05, 0.1) is 44.5 Å². The van der Waals surface area contributed by atoms with Crippen molar-refractivity contribution in [1.82, 2.24) is 19.5 Å². The van der Waals surface area contributed by atoms with E-state index in [2.05, 4.69) is 28.8 Å². The van der Waals surface area contributed by atoms with Crippen molar-refractivity contribution in [1.29, 1.82) is 0 Å². The SMILES string of the molecule is COc1cc([C@H](c2sc3nc(C)nn3c2O)N2C[C@@H](C)O[C@@H](C)C2)cc(OC)c1OC. The first kappa shape index (κ1) is 21.7. The number of hydrogen-bond acceptors (Lipinski definition) is 9. The Kier molecular flexibility index (Phi) is 5.96. The molecule has 3 atom stereocenters. The third-order valence-electron chi connectivity index (χ3n) is 5.37. The number of ether oxygens (including phenoxy) is 4. The van der Waals surface area contributed by atoms with Crippen LogP contribution in [0, 0.1) is 6.92 Å². The molecule has 9 nitrogen and oxygen atoms in total. The molecule has 1 aliphatic rings. The molecule has 1 aromatic carbocycles. The zero-order valence-corrected chi connectivity index (χ0v) is 19.4. The van der Waals surface area contributed by atoms with Crippen molar-refractivity contribution in [2.24, 2.45) is 0 Å². The fraction of sp³-hybridized carbons (Fsp3) is 0.524. The first-order chi connectivity index (χ1) is 14.9. The Labute approximate surface area is 185 Å². The highest BCUT2D eigenvalue weighted by Crippen LogP contribution is 2.46. The molecule has 10 heteroatoms. The highest BCUT2D eigenvalue weighted by molar-refractivity contribution is 7.17. The number of methoxy groups -OCH3 is 3. The van der Waals surface area contributed by atoms with Gasteiger partial charge in [-0.3, -0.25) is 4.90 Å². The van der Waals surface area contributed by atoms with Crippen LogP contribution < -0.4 is 14.2 Å². The molecule has 168 valence electrons. The van der Waals surface area contributed by atoms with Crippen LogP contribution in [0.25, 0.3) is 4.96 Å². The van der Waals surface area contributed by atoms with Gasteiger partial charge in [0.2, 0.25) is 16.6 Å². The second kappa shape index (κ2) is 8.52. The van der Waals surface area contributed by atoms with Crippen LogP contribution in [0.5, 0.6) is 23.1 Å². The second-order valence-electron chi connectivity index (χ2n) is 7.72. The van der Waals surface area contributed by atoms with Crippen LogP contribution in [-0.4, -0.2) is 71.2 Å². The number of thiazole rings is 1. The summed E-state index contributed by atoms with van der Waals surface area (Å²) in [5.74, 6) is 2.35. The van der Waals surface area contributed by atoms with Crippen LogP contribution in [0.1, 0.15) is 36.2 Å². The smallest absolute Gasteiger partial charge is 0.230 e. The number of benzene rings is 1. The summed E-state index contributed by atoms with van der Waals surface area (Å²) in [6, 6.07) is 3.59. The van der Waals surface area contributed by atoms with Crippen LogP contribution in [0.3, 0.4) is 0 Å². The molecule has 0 radical (unpaired) electrons. The molecule has 4 rings (SSSR count). The molecule has 2 aromatic heterocycles. The van der Waals surface area contributed by atoms with Gasteiger partial charge in [0.15, 0.2) is 11.5 Å². The Morgan fingerprint density at radius 2 is 1.71 bits per heavy atom. The Morgan fingerprint density at radius 3 is 2.23 bits per heavy atom. The molecule has 0 bridgehead atoms. The lowest BCUT2D eigenvalue weighted by atomic mass is 10.0. The molecule has 0 aliphatic carbocycles. The van der Waals surface area contributed by atoms with E-state index in [1.807, 2.05) is 12.1 Å². The Hall–Kier alpha value is -2.56. The number of aryl methyl sites for hydroxylation is 1. The van der Waals surface area contributed by atoms with Gasteiger partial charge in [-0.2, -0.15) is 4.52 Å². The second-order valence-corrected chi connectivity index (χ2v) is 8.72. The molecular formula is C21H28N4O5S. The molecule has 0 saturated carbocycles. The lowest BCUT2D eigenvalue weighted by molar-refractivity contribution is -0.0764. The Balaban J connectivity index is 1.90. The molecule has 0 spiro atoms. The predicted octanol–water partition coefficient (Wildman–Crippen LogP) is 3.03. The summed E-state index contributed by atoms with van der Waals surface area (Å²) in [7, 11) is 4.77. The quantitative estimate of drug-likeness (QED) is 0.615. The van der Waals surface area contributed by atoms with Crippen LogP contribution in [-0.2, 0) is 4.74 Å². The van der Waals surface area contributed by atoms with E-state index in [1.54, 1.807) is 28.3 Å². The largest absolute Gasteiger partial charge is 0.493 e. The number of aromatic hydroxyl groups is 1. The van der Waals surface area contributed by atoms with Gasteiger partial charge < -0.3 is 24.1 Å². The summed E-state index contributed by atoms with van der Waals surface area (Å²) >= 11 is 1.42. The van der Waals surface area contributed by atoms with Crippen LogP contribution in [0.2, 0.25) is 0 Å². The maximum absolute atomic E-state index is 11.1. The maximum Gasteiger partial charge on any atom is 0.230 e. The van der Waals surface area contributed by atoms with E-state index >= 15 is 0 Å². The molecule has 31 heavy (non-hydrogen) atoms. The van der Waals surface area contributed by atoms with E-state index in [9.17, 15) is 5.11 Å². The maximum atomic E-state index is 11.1. The minimum absolute atomic E-state index is 0.0554. The van der Waals surface area contributed by atoms with Crippen molar-refractivity contribution < 1.29 is 24.1 Å². The number of aromatic nitrogens is 3. The average Bonchev–Trinajstić information content (AvgIpc) is 3.24. The van der Waals surface area contributed by atoms with Crippen molar-refractivity contribution >= 4 is 16.3 Å². The van der Waals surface area contributed by atoms with E-state index in [0.717, 1.165) is 10.4 Å². The number of fused-ring (bicyclic) bond motifs is 1. The molecule has 3 heterocycles. The van der Waals surface area contributed by atoms with Gasteiger partial charge in [0, 0.05) is 13.1 Å². The molecule has 1 aliphatic heterocycles. The molecular weight excluding hydrogens is 420 g/mol. The van der Waals surface area contributed by atoms with E-state index in [4.69, 9.17) is 18.9 Å². The summed E-state index contributed by atoms with van der Waals surface area (Å²) in [6.45, 7) is 7.33. The normalized spacial score (nSPS) is 20.7. The summed E-state index contributed by atoms with van der Waals surface area (Å²) in [5.41, 5.74) is 0.910. The topological polar surface area (TPSA) is 90.6 Å². The van der Waals surface area contributed by atoms with Gasteiger partial charge in [-0.15, -0.1) is 5.10 Å². The molecule has 1 N–H and O–H groups in total.